The molecule has 1 N–H and O–H groups in total. The van der Waals surface area contributed by atoms with Gasteiger partial charge in [-0.3, -0.25) is 4.79 Å². The fraction of sp³-hybridized carbons (Fsp3) is 0.714. The van der Waals surface area contributed by atoms with Crippen molar-refractivity contribution in [1.29, 1.82) is 0 Å². The molecular formula is C14H21NO3S. The van der Waals surface area contributed by atoms with Gasteiger partial charge in [-0.1, -0.05) is 25.5 Å². The highest BCUT2D eigenvalue weighted by molar-refractivity contribution is 8.00. The third-order valence-corrected chi connectivity index (χ3v) is 5.14. The molecule has 5 heteroatoms. The molecule has 0 spiro atoms. The van der Waals surface area contributed by atoms with Gasteiger partial charge in [-0.05, 0) is 25.7 Å². The van der Waals surface area contributed by atoms with E-state index in [9.17, 15) is 14.7 Å². The van der Waals surface area contributed by atoms with Crippen LogP contribution in [0.2, 0.25) is 0 Å². The van der Waals surface area contributed by atoms with E-state index in [-0.39, 0.29) is 17.2 Å². The summed E-state index contributed by atoms with van der Waals surface area (Å²) in [5, 5.41) is 9.34. The molecule has 3 atom stereocenters. The lowest BCUT2D eigenvalue weighted by Gasteiger charge is -2.31. The number of hydrogen-bond donors (Lipinski definition) is 1. The van der Waals surface area contributed by atoms with Crippen LogP contribution in [0.3, 0.4) is 0 Å². The van der Waals surface area contributed by atoms with Crippen LogP contribution in [0.15, 0.2) is 12.2 Å². The number of carbonyl (C=O) groups is 2. The van der Waals surface area contributed by atoms with Gasteiger partial charge in [0.2, 0.25) is 5.91 Å². The van der Waals surface area contributed by atoms with Gasteiger partial charge in [-0.15, -0.1) is 11.8 Å². The minimum atomic E-state index is -0.870. The van der Waals surface area contributed by atoms with Crippen LogP contribution in [-0.4, -0.2) is 39.1 Å². The number of carbonyl (C=O) groups excluding carboxylic acids is 1. The summed E-state index contributed by atoms with van der Waals surface area (Å²) >= 11 is 1.61. The molecule has 0 bridgehead atoms. The van der Waals surface area contributed by atoms with E-state index < -0.39 is 12.0 Å². The lowest BCUT2D eigenvalue weighted by molar-refractivity contribution is -0.151. The maximum Gasteiger partial charge on any atom is 0.327 e. The Balaban J connectivity index is 2.13. The summed E-state index contributed by atoms with van der Waals surface area (Å²) in [7, 11) is 0. The van der Waals surface area contributed by atoms with Crippen LogP contribution in [0.1, 0.15) is 39.0 Å². The largest absolute Gasteiger partial charge is 0.480 e. The molecule has 0 saturated carbocycles. The van der Waals surface area contributed by atoms with Gasteiger partial charge in [-0.25, -0.2) is 4.79 Å². The van der Waals surface area contributed by atoms with Crippen molar-refractivity contribution in [2.75, 3.05) is 5.75 Å². The predicted molar refractivity (Wildman–Crippen MR) is 75.9 cm³/mol. The van der Waals surface area contributed by atoms with Crippen LogP contribution in [0.25, 0.3) is 0 Å². The molecule has 2 aliphatic rings. The molecule has 106 valence electrons. The van der Waals surface area contributed by atoms with Gasteiger partial charge in [0.1, 0.15) is 6.04 Å². The van der Waals surface area contributed by atoms with Crippen molar-refractivity contribution in [3.63, 3.8) is 0 Å². The zero-order valence-corrected chi connectivity index (χ0v) is 12.1. The molecule has 1 heterocycles. The monoisotopic (exact) mass is 283 g/mol. The molecule has 0 aromatic heterocycles. The number of carboxylic acids is 1. The fourth-order valence-electron chi connectivity index (χ4n) is 2.75. The first-order chi connectivity index (χ1) is 9.15. The highest BCUT2D eigenvalue weighted by Gasteiger charge is 2.42. The van der Waals surface area contributed by atoms with Gasteiger partial charge in [0.15, 0.2) is 0 Å². The van der Waals surface area contributed by atoms with Crippen molar-refractivity contribution in [2.45, 2.75) is 50.4 Å². The minimum Gasteiger partial charge on any atom is -0.480 e. The first kappa shape index (κ1) is 14.4. The molecule has 1 saturated heterocycles. The molecule has 1 aliphatic heterocycles. The molecule has 1 aliphatic carbocycles. The van der Waals surface area contributed by atoms with Gasteiger partial charge in [0.25, 0.3) is 0 Å². The maximum atomic E-state index is 12.6. The van der Waals surface area contributed by atoms with E-state index in [0.29, 0.717) is 5.75 Å². The first-order valence-electron chi connectivity index (χ1n) is 6.96. The molecular weight excluding hydrogens is 262 g/mol. The minimum absolute atomic E-state index is 0.0232. The zero-order chi connectivity index (χ0) is 13.8. The Kier molecular flexibility index (Phi) is 4.91. The van der Waals surface area contributed by atoms with Crippen molar-refractivity contribution in [3.8, 4) is 0 Å². The summed E-state index contributed by atoms with van der Waals surface area (Å²) in [4.78, 5) is 25.6. The molecule has 0 aromatic carbocycles. The summed E-state index contributed by atoms with van der Waals surface area (Å²) in [6.45, 7) is 2.07. The highest BCUT2D eigenvalue weighted by atomic mass is 32.2. The quantitative estimate of drug-likeness (QED) is 0.805. The second-order valence-electron chi connectivity index (χ2n) is 5.16. The average molecular weight is 283 g/mol. The summed E-state index contributed by atoms with van der Waals surface area (Å²) in [5.41, 5.74) is 0. The van der Waals surface area contributed by atoms with Crippen molar-refractivity contribution in [2.24, 2.45) is 5.92 Å². The number of carboxylic acid groups (broad SMARTS) is 1. The number of aliphatic carboxylic acids is 1. The van der Waals surface area contributed by atoms with E-state index >= 15 is 0 Å². The topological polar surface area (TPSA) is 57.6 Å². The Hall–Kier alpha value is -0.970. The maximum absolute atomic E-state index is 12.6. The van der Waals surface area contributed by atoms with Crippen LogP contribution in [0.4, 0.5) is 0 Å². The normalized spacial score (nSPS) is 30.6. The lowest BCUT2D eigenvalue weighted by atomic mass is 9.92. The molecule has 0 aromatic rings. The van der Waals surface area contributed by atoms with E-state index in [1.807, 2.05) is 6.08 Å². The van der Waals surface area contributed by atoms with Crippen molar-refractivity contribution in [1.82, 2.24) is 4.90 Å². The zero-order valence-electron chi connectivity index (χ0n) is 11.2. The van der Waals surface area contributed by atoms with Crippen LogP contribution in [-0.2, 0) is 9.59 Å². The van der Waals surface area contributed by atoms with E-state index in [1.165, 1.54) is 0 Å². The number of hydrogen-bond acceptors (Lipinski definition) is 3. The SMILES string of the molecule is CCCC1SCC(C(=O)O)N1C(=O)C1CC=CCC1. The molecule has 3 unspecified atom stereocenters. The van der Waals surface area contributed by atoms with Gasteiger partial charge in [-0.2, -0.15) is 0 Å². The number of amides is 1. The average Bonchev–Trinajstić information content (AvgIpc) is 2.83. The summed E-state index contributed by atoms with van der Waals surface area (Å²) in [5.74, 6) is -0.329. The number of rotatable bonds is 4. The van der Waals surface area contributed by atoms with Gasteiger partial charge >= 0.3 is 5.97 Å². The summed E-state index contributed by atoms with van der Waals surface area (Å²) < 4.78 is 0. The Bertz CT molecular complexity index is 383. The third kappa shape index (κ3) is 3.14. The van der Waals surface area contributed by atoms with E-state index in [2.05, 4.69) is 13.0 Å². The molecule has 19 heavy (non-hydrogen) atoms. The molecule has 4 nitrogen and oxygen atoms in total. The second kappa shape index (κ2) is 6.46. The van der Waals surface area contributed by atoms with Crippen molar-refractivity contribution >= 4 is 23.6 Å². The van der Waals surface area contributed by atoms with Gasteiger partial charge in [0, 0.05) is 11.7 Å². The first-order valence-corrected chi connectivity index (χ1v) is 8.01. The summed E-state index contributed by atoms with van der Waals surface area (Å²) in [6.07, 6.45) is 8.52. The highest BCUT2D eigenvalue weighted by Crippen LogP contribution is 2.35. The third-order valence-electron chi connectivity index (χ3n) is 3.79. The molecule has 2 rings (SSSR count). The standard InChI is InChI=1S/C14H21NO3S/c1-2-6-12-15(11(9-19-12)14(17)18)13(16)10-7-4-3-5-8-10/h3-4,10-12H,2,5-9H2,1H3,(H,17,18). The Morgan fingerprint density at radius 1 is 1.42 bits per heavy atom. The van der Waals surface area contributed by atoms with E-state index in [1.54, 1.807) is 16.7 Å². The summed E-state index contributed by atoms with van der Waals surface area (Å²) in [6, 6.07) is -0.639. The van der Waals surface area contributed by atoms with Crippen molar-refractivity contribution in [3.05, 3.63) is 12.2 Å². The van der Waals surface area contributed by atoms with E-state index in [0.717, 1.165) is 32.1 Å². The molecule has 1 fully saturated rings. The van der Waals surface area contributed by atoms with Crippen molar-refractivity contribution < 1.29 is 14.7 Å². The van der Waals surface area contributed by atoms with E-state index in [4.69, 9.17) is 0 Å². The van der Waals surface area contributed by atoms with Gasteiger partial charge < -0.3 is 10.0 Å². The smallest absolute Gasteiger partial charge is 0.327 e. The second-order valence-corrected chi connectivity index (χ2v) is 6.37. The van der Waals surface area contributed by atoms with Crippen LogP contribution in [0, 0.1) is 5.92 Å². The van der Waals surface area contributed by atoms with Crippen LogP contribution in [0.5, 0.6) is 0 Å². The Morgan fingerprint density at radius 3 is 2.79 bits per heavy atom. The predicted octanol–water partition coefficient (Wildman–Crippen LogP) is 2.50. The van der Waals surface area contributed by atoms with Crippen LogP contribution >= 0.6 is 11.8 Å². The molecule has 0 radical (unpaired) electrons. The van der Waals surface area contributed by atoms with Crippen LogP contribution < -0.4 is 0 Å². The van der Waals surface area contributed by atoms with Gasteiger partial charge in [0.05, 0.1) is 5.37 Å². The Labute approximate surface area is 118 Å². The molecule has 1 amide bonds. The number of nitrogens with zero attached hydrogens (tertiary/aromatic N) is 1. The number of thioether (sulfide) groups is 1. The fourth-order valence-corrected chi connectivity index (χ4v) is 4.27. The number of allylic oxidation sites excluding steroid dienone is 2. The lowest BCUT2D eigenvalue weighted by Crippen LogP contribution is -2.48. The Morgan fingerprint density at radius 2 is 2.21 bits per heavy atom.